The Morgan fingerprint density at radius 2 is 2.21 bits per heavy atom. The largest absolute Gasteiger partial charge is 0.372 e. The number of hydrogen-bond donors (Lipinski definition) is 1. The third kappa shape index (κ3) is 1.96. The molecule has 1 N–H and O–H groups in total. The van der Waals surface area contributed by atoms with Gasteiger partial charge in [-0.25, -0.2) is 0 Å². The Bertz CT molecular complexity index is 177. The predicted octanol–water partition coefficient (Wildman–Crippen LogP) is 2.48. The van der Waals surface area contributed by atoms with E-state index in [1.807, 2.05) is 0 Å². The lowest BCUT2D eigenvalue weighted by molar-refractivity contribution is -0.146. The van der Waals surface area contributed by atoms with Gasteiger partial charge in [0.2, 0.25) is 0 Å². The molecule has 2 rings (SSSR count). The van der Waals surface area contributed by atoms with E-state index in [1.54, 1.807) is 0 Å². The maximum absolute atomic E-state index is 5.98. The summed E-state index contributed by atoms with van der Waals surface area (Å²) in [5.74, 6) is 0. The molecule has 0 aromatic heterocycles. The number of unbranched alkanes of at least 4 members (excludes halogenated alkanes) is 2. The van der Waals surface area contributed by atoms with Crippen LogP contribution in [0.3, 0.4) is 0 Å². The van der Waals surface area contributed by atoms with E-state index in [0.29, 0.717) is 6.04 Å². The van der Waals surface area contributed by atoms with Gasteiger partial charge in [-0.05, 0) is 25.7 Å². The molecule has 1 aliphatic heterocycles. The molecular formula is C12H23NO. The molecule has 0 aromatic carbocycles. The molecule has 1 saturated heterocycles. The van der Waals surface area contributed by atoms with E-state index in [1.165, 1.54) is 44.9 Å². The standard InChI is InChI=1S/C12H23NO/c1-2-3-4-6-11-12(7-5-8-12)14-10-9-13-11/h11,13H,2-10H2,1H3. The van der Waals surface area contributed by atoms with Gasteiger partial charge < -0.3 is 10.1 Å². The van der Waals surface area contributed by atoms with Crippen molar-refractivity contribution in [3.63, 3.8) is 0 Å². The van der Waals surface area contributed by atoms with Crippen LogP contribution in [0.15, 0.2) is 0 Å². The summed E-state index contributed by atoms with van der Waals surface area (Å²) >= 11 is 0. The van der Waals surface area contributed by atoms with Crippen molar-refractivity contribution in [2.24, 2.45) is 0 Å². The first-order valence-corrected chi connectivity index (χ1v) is 6.25. The Kier molecular flexibility index (Phi) is 3.45. The van der Waals surface area contributed by atoms with Crippen LogP contribution in [0.1, 0.15) is 51.9 Å². The van der Waals surface area contributed by atoms with Crippen molar-refractivity contribution in [3.05, 3.63) is 0 Å². The Labute approximate surface area is 87.4 Å². The highest BCUT2D eigenvalue weighted by atomic mass is 16.5. The minimum absolute atomic E-state index is 0.256. The van der Waals surface area contributed by atoms with Crippen LogP contribution < -0.4 is 5.32 Å². The zero-order valence-corrected chi connectivity index (χ0v) is 9.35. The van der Waals surface area contributed by atoms with Gasteiger partial charge in [0.15, 0.2) is 0 Å². The molecule has 0 radical (unpaired) electrons. The summed E-state index contributed by atoms with van der Waals surface area (Å²) in [7, 11) is 0. The lowest BCUT2D eigenvalue weighted by atomic mass is 9.72. The normalized spacial score (nSPS) is 30.2. The molecule has 2 heteroatoms. The van der Waals surface area contributed by atoms with E-state index in [9.17, 15) is 0 Å². The second kappa shape index (κ2) is 4.63. The van der Waals surface area contributed by atoms with Crippen LogP contribution in [0.4, 0.5) is 0 Å². The van der Waals surface area contributed by atoms with Gasteiger partial charge in [0.1, 0.15) is 0 Å². The summed E-state index contributed by atoms with van der Waals surface area (Å²) in [6, 6.07) is 0.650. The van der Waals surface area contributed by atoms with Crippen molar-refractivity contribution < 1.29 is 4.74 Å². The van der Waals surface area contributed by atoms with Gasteiger partial charge in [-0.15, -0.1) is 0 Å². The van der Waals surface area contributed by atoms with Crippen molar-refractivity contribution in [1.29, 1.82) is 0 Å². The van der Waals surface area contributed by atoms with Gasteiger partial charge in [-0.3, -0.25) is 0 Å². The first kappa shape index (κ1) is 10.4. The summed E-state index contributed by atoms with van der Waals surface area (Å²) < 4.78 is 5.98. The Balaban J connectivity index is 1.81. The smallest absolute Gasteiger partial charge is 0.0835 e. The first-order chi connectivity index (χ1) is 6.87. The van der Waals surface area contributed by atoms with E-state index in [2.05, 4.69) is 12.2 Å². The maximum atomic E-state index is 5.98. The van der Waals surface area contributed by atoms with Crippen LogP contribution in [0.25, 0.3) is 0 Å². The molecule has 2 aliphatic rings. The van der Waals surface area contributed by atoms with Gasteiger partial charge in [0.05, 0.1) is 12.2 Å². The minimum atomic E-state index is 0.256. The molecule has 0 bridgehead atoms. The molecule has 1 atom stereocenters. The van der Waals surface area contributed by atoms with Gasteiger partial charge in [0, 0.05) is 12.6 Å². The quantitative estimate of drug-likeness (QED) is 0.699. The van der Waals surface area contributed by atoms with Crippen LogP contribution >= 0.6 is 0 Å². The molecule has 1 saturated carbocycles. The average molecular weight is 197 g/mol. The third-order valence-electron chi connectivity index (χ3n) is 3.81. The second-order valence-electron chi connectivity index (χ2n) is 4.77. The lowest BCUT2D eigenvalue weighted by Gasteiger charge is -2.50. The molecule has 2 nitrogen and oxygen atoms in total. The monoisotopic (exact) mass is 197 g/mol. The van der Waals surface area contributed by atoms with E-state index >= 15 is 0 Å². The summed E-state index contributed by atoms with van der Waals surface area (Å²) in [6.45, 7) is 4.24. The molecule has 14 heavy (non-hydrogen) atoms. The SMILES string of the molecule is CCCCCC1NCCOC12CCC2. The molecule has 0 aromatic rings. The van der Waals surface area contributed by atoms with Crippen molar-refractivity contribution in [1.82, 2.24) is 5.32 Å². The van der Waals surface area contributed by atoms with Crippen molar-refractivity contribution >= 4 is 0 Å². The fraction of sp³-hybridized carbons (Fsp3) is 1.00. The highest BCUT2D eigenvalue weighted by Crippen LogP contribution is 2.41. The van der Waals surface area contributed by atoms with Gasteiger partial charge in [0.25, 0.3) is 0 Å². The number of nitrogens with one attached hydrogen (secondary N) is 1. The van der Waals surface area contributed by atoms with Gasteiger partial charge >= 0.3 is 0 Å². The lowest BCUT2D eigenvalue weighted by Crippen LogP contribution is -2.61. The average Bonchev–Trinajstić information content (AvgIpc) is 2.17. The highest BCUT2D eigenvalue weighted by Gasteiger charge is 2.46. The number of hydrogen-bond acceptors (Lipinski definition) is 2. The number of morpholine rings is 1. The summed E-state index contributed by atoms with van der Waals surface area (Å²) in [6.07, 6.45) is 9.31. The van der Waals surface area contributed by atoms with Crippen LogP contribution in [0.2, 0.25) is 0 Å². The molecule has 2 fully saturated rings. The third-order valence-corrected chi connectivity index (χ3v) is 3.81. The molecule has 0 amide bonds. The molecular weight excluding hydrogens is 174 g/mol. The van der Waals surface area contributed by atoms with Gasteiger partial charge in [-0.1, -0.05) is 26.2 Å². The minimum Gasteiger partial charge on any atom is -0.372 e. The van der Waals surface area contributed by atoms with E-state index < -0.39 is 0 Å². The fourth-order valence-electron chi connectivity index (χ4n) is 2.76. The zero-order chi connectivity index (χ0) is 9.86. The molecule has 1 unspecified atom stereocenters. The first-order valence-electron chi connectivity index (χ1n) is 6.25. The number of ether oxygens (including phenoxy) is 1. The van der Waals surface area contributed by atoms with Crippen molar-refractivity contribution in [2.45, 2.75) is 63.5 Å². The molecule has 1 spiro atoms. The van der Waals surface area contributed by atoms with Gasteiger partial charge in [-0.2, -0.15) is 0 Å². The van der Waals surface area contributed by atoms with E-state index in [0.717, 1.165) is 13.2 Å². The summed E-state index contributed by atoms with van der Waals surface area (Å²) in [4.78, 5) is 0. The van der Waals surface area contributed by atoms with Crippen LogP contribution in [-0.4, -0.2) is 24.8 Å². The topological polar surface area (TPSA) is 21.3 Å². The van der Waals surface area contributed by atoms with Crippen LogP contribution in [-0.2, 0) is 4.74 Å². The summed E-state index contributed by atoms with van der Waals surface area (Å²) in [5, 5.41) is 3.65. The molecule has 82 valence electrons. The van der Waals surface area contributed by atoms with Crippen LogP contribution in [0, 0.1) is 0 Å². The fourth-order valence-corrected chi connectivity index (χ4v) is 2.76. The van der Waals surface area contributed by atoms with Crippen molar-refractivity contribution in [3.8, 4) is 0 Å². The van der Waals surface area contributed by atoms with Crippen LogP contribution in [0.5, 0.6) is 0 Å². The Hall–Kier alpha value is -0.0800. The predicted molar refractivity (Wildman–Crippen MR) is 58.5 cm³/mol. The number of rotatable bonds is 4. The molecule has 1 aliphatic carbocycles. The van der Waals surface area contributed by atoms with E-state index in [4.69, 9.17) is 4.74 Å². The molecule has 1 heterocycles. The van der Waals surface area contributed by atoms with Crippen molar-refractivity contribution in [2.75, 3.05) is 13.2 Å². The zero-order valence-electron chi connectivity index (χ0n) is 9.35. The maximum Gasteiger partial charge on any atom is 0.0835 e. The van der Waals surface area contributed by atoms with E-state index in [-0.39, 0.29) is 5.60 Å². The Morgan fingerprint density at radius 3 is 2.86 bits per heavy atom. The second-order valence-corrected chi connectivity index (χ2v) is 4.77. The Morgan fingerprint density at radius 1 is 1.36 bits per heavy atom. The highest BCUT2D eigenvalue weighted by molar-refractivity contribution is 5.01. The summed E-state index contributed by atoms with van der Waals surface area (Å²) in [5.41, 5.74) is 0.256.